The minimum atomic E-state index is 0.886. The molecule has 0 heterocycles. The van der Waals surface area contributed by atoms with Crippen LogP contribution in [0.2, 0.25) is 0 Å². The van der Waals surface area contributed by atoms with Crippen molar-refractivity contribution in [3.63, 3.8) is 0 Å². The molecule has 0 radical (unpaired) electrons. The summed E-state index contributed by atoms with van der Waals surface area (Å²) in [6, 6.07) is 6.50. The highest BCUT2D eigenvalue weighted by Crippen LogP contribution is 2.29. The van der Waals surface area contributed by atoms with E-state index >= 15 is 0 Å². The monoisotopic (exact) mass is 302 g/mol. The number of rotatable bonds is 2. The van der Waals surface area contributed by atoms with Crippen LogP contribution in [0, 0.1) is 5.92 Å². The Morgan fingerprint density at radius 1 is 1.43 bits per heavy atom. The summed E-state index contributed by atoms with van der Waals surface area (Å²) in [7, 11) is 1.73. The number of fused-ring (bicyclic) bond motifs is 1. The van der Waals surface area contributed by atoms with E-state index < -0.39 is 0 Å². The number of aryl methyl sites for hydroxylation is 1. The van der Waals surface area contributed by atoms with E-state index in [0.717, 1.165) is 11.7 Å². The van der Waals surface area contributed by atoms with Crippen molar-refractivity contribution >= 4 is 22.6 Å². The third-order valence-corrected chi connectivity index (χ3v) is 4.21. The Morgan fingerprint density at radius 3 is 3.00 bits per heavy atom. The molecule has 0 N–H and O–H groups in total. The summed E-state index contributed by atoms with van der Waals surface area (Å²) in [4.78, 5) is 0. The van der Waals surface area contributed by atoms with Crippen LogP contribution in [0.15, 0.2) is 18.2 Å². The molecule has 2 heteroatoms. The highest BCUT2D eigenvalue weighted by molar-refractivity contribution is 14.1. The molecule has 1 aromatic carbocycles. The highest BCUT2D eigenvalue weighted by atomic mass is 127. The van der Waals surface area contributed by atoms with E-state index in [9.17, 15) is 0 Å². The second-order valence-corrected chi connectivity index (χ2v) is 4.78. The van der Waals surface area contributed by atoms with Crippen LogP contribution >= 0.6 is 22.6 Å². The molecule has 0 amide bonds. The zero-order valence-electron chi connectivity index (χ0n) is 8.42. The van der Waals surface area contributed by atoms with Crippen molar-refractivity contribution in [2.75, 3.05) is 11.5 Å². The average Bonchev–Trinajstić information content (AvgIpc) is 2.27. The zero-order valence-corrected chi connectivity index (χ0v) is 10.6. The van der Waals surface area contributed by atoms with Crippen LogP contribution in [-0.4, -0.2) is 11.5 Å². The molecule has 0 saturated heterocycles. The van der Waals surface area contributed by atoms with E-state index in [1.165, 1.54) is 34.8 Å². The molecule has 76 valence electrons. The van der Waals surface area contributed by atoms with E-state index in [1.54, 1.807) is 7.11 Å². The fourth-order valence-electron chi connectivity index (χ4n) is 2.07. The second-order valence-electron chi connectivity index (χ2n) is 3.90. The molecule has 1 unspecified atom stereocenters. The molecule has 14 heavy (non-hydrogen) atoms. The first-order valence-corrected chi connectivity index (χ1v) is 6.58. The topological polar surface area (TPSA) is 9.23 Å². The lowest BCUT2D eigenvalue weighted by Crippen LogP contribution is -2.15. The number of hydrogen-bond acceptors (Lipinski definition) is 1. The van der Waals surface area contributed by atoms with Crippen LogP contribution in [0.5, 0.6) is 5.75 Å². The molecular formula is C12H15IO. The Balaban J connectivity index is 2.23. The summed E-state index contributed by atoms with van der Waals surface area (Å²) in [5.74, 6) is 1.88. The van der Waals surface area contributed by atoms with Gasteiger partial charge in [-0.2, -0.15) is 0 Å². The first kappa shape index (κ1) is 10.3. The van der Waals surface area contributed by atoms with Crippen molar-refractivity contribution in [1.29, 1.82) is 0 Å². The fourth-order valence-corrected chi connectivity index (χ4v) is 2.82. The summed E-state index contributed by atoms with van der Waals surface area (Å²) < 4.78 is 6.51. The van der Waals surface area contributed by atoms with Gasteiger partial charge in [0, 0.05) is 4.43 Å². The van der Waals surface area contributed by atoms with Crippen LogP contribution < -0.4 is 4.74 Å². The number of halogens is 1. The van der Waals surface area contributed by atoms with Crippen molar-refractivity contribution in [1.82, 2.24) is 0 Å². The maximum atomic E-state index is 5.23. The third kappa shape index (κ3) is 2.05. The number of hydrogen-bond donors (Lipinski definition) is 0. The van der Waals surface area contributed by atoms with Gasteiger partial charge in [0.05, 0.1) is 7.11 Å². The molecule has 1 atom stereocenters. The quantitative estimate of drug-likeness (QED) is 0.602. The molecule has 0 saturated carbocycles. The maximum absolute atomic E-state index is 5.23. The molecule has 0 bridgehead atoms. The van der Waals surface area contributed by atoms with E-state index in [2.05, 4.69) is 40.8 Å². The second kappa shape index (κ2) is 4.51. The van der Waals surface area contributed by atoms with Crippen molar-refractivity contribution in [3.8, 4) is 5.75 Å². The van der Waals surface area contributed by atoms with Crippen molar-refractivity contribution in [2.45, 2.75) is 19.3 Å². The Labute approximate surface area is 99.0 Å². The average molecular weight is 302 g/mol. The Bertz CT molecular complexity index is 322. The Morgan fingerprint density at radius 2 is 2.29 bits per heavy atom. The van der Waals surface area contributed by atoms with Crippen molar-refractivity contribution in [2.24, 2.45) is 5.92 Å². The number of methoxy groups -OCH3 is 1. The predicted molar refractivity (Wildman–Crippen MR) is 67.4 cm³/mol. The lowest BCUT2D eigenvalue weighted by Gasteiger charge is -2.23. The molecular weight excluding hydrogens is 287 g/mol. The molecule has 1 aromatic rings. The molecule has 1 aliphatic carbocycles. The fraction of sp³-hybridized carbons (Fsp3) is 0.500. The number of alkyl halides is 1. The number of ether oxygens (including phenoxy) is 1. The molecule has 1 nitrogen and oxygen atoms in total. The molecule has 2 rings (SSSR count). The normalized spacial score (nSPS) is 20.3. The molecule has 0 fully saturated rings. The van der Waals surface area contributed by atoms with Gasteiger partial charge < -0.3 is 4.74 Å². The van der Waals surface area contributed by atoms with Gasteiger partial charge in [0.2, 0.25) is 0 Å². The predicted octanol–water partition coefficient (Wildman–Crippen LogP) is 3.24. The van der Waals surface area contributed by atoms with Crippen LogP contribution in [0.25, 0.3) is 0 Å². The van der Waals surface area contributed by atoms with Gasteiger partial charge in [0.25, 0.3) is 0 Å². The van der Waals surface area contributed by atoms with Crippen molar-refractivity contribution < 1.29 is 4.74 Å². The summed E-state index contributed by atoms with van der Waals surface area (Å²) in [6.07, 6.45) is 3.81. The maximum Gasteiger partial charge on any atom is 0.119 e. The molecule has 0 aliphatic heterocycles. The van der Waals surface area contributed by atoms with Gasteiger partial charge in [-0.3, -0.25) is 0 Å². The summed E-state index contributed by atoms with van der Waals surface area (Å²) in [6.45, 7) is 0. The van der Waals surface area contributed by atoms with Gasteiger partial charge in [-0.05, 0) is 48.4 Å². The summed E-state index contributed by atoms with van der Waals surface area (Å²) >= 11 is 2.49. The minimum absolute atomic E-state index is 0.886. The number of benzene rings is 1. The van der Waals surface area contributed by atoms with E-state index in [0.29, 0.717) is 0 Å². The molecule has 1 aliphatic rings. The largest absolute Gasteiger partial charge is 0.497 e. The third-order valence-electron chi connectivity index (χ3n) is 2.96. The SMILES string of the molecule is COc1ccc2c(c1)CCC(CI)C2. The zero-order chi connectivity index (χ0) is 9.97. The summed E-state index contributed by atoms with van der Waals surface area (Å²) in [5.41, 5.74) is 3.02. The van der Waals surface area contributed by atoms with Gasteiger partial charge in [0.1, 0.15) is 5.75 Å². The Kier molecular flexibility index (Phi) is 3.31. The van der Waals surface area contributed by atoms with Gasteiger partial charge in [0.15, 0.2) is 0 Å². The lowest BCUT2D eigenvalue weighted by atomic mass is 9.85. The first-order chi connectivity index (χ1) is 6.83. The van der Waals surface area contributed by atoms with E-state index in [1.807, 2.05) is 0 Å². The summed E-state index contributed by atoms with van der Waals surface area (Å²) in [5, 5.41) is 0. The standard InChI is InChI=1S/C12H15IO/c1-14-12-5-4-10-6-9(8-13)2-3-11(10)7-12/h4-5,7,9H,2-3,6,8H2,1H3. The van der Waals surface area contributed by atoms with Crippen LogP contribution in [-0.2, 0) is 12.8 Å². The lowest BCUT2D eigenvalue weighted by molar-refractivity contribution is 0.412. The minimum Gasteiger partial charge on any atom is -0.497 e. The van der Waals surface area contributed by atoms with Crippen LogP contribution in [0.4, 0.5) is 0 Å². The highest BCUT2D eigenvalue weighted by Gasteiger charge is 2.17. The van der Waals surface area contributed by atoms with Crippen LogP contribution in [0.3, 0.4) is 0 Å². The van der Waals surface area contributed by atoms with Gasteiger partial charge in [-0.25, -0.2) is 0 Å². The van der Waals surface area contributed by atoms with Crippen molar-refractivity contribution in [3.05, 3.63) is 29.3 Å². The smallest absolute Gasteiger partial charge is 0.119 e. The van der Waals surface area contributed by atoms with E-state index in [4.69, 9.17) is 4.74 Å². The van der Waals surface area contributed by atoms with Gasteiger partial charge >= 0.3 is 0 Å². The first-order valence-electron chi connectivity index (χ1n) is 5.05. The van der Waals surface area contributed by atoms with Crippen LogP contribution in [0.1, 0.15) is 17.5 Å². The van der Waals surface area contributed by atoms with Gasteiger partial charge in [-0.1, -0.05) is 28.7 Å². The van der Waals surface area contributed by atoms with E-state index in [-0.39, 0.29) is 0 Å². The molecule has 0 aromatic heterocycles. The molecule has 0 spiro atoms. The van der Waals surface area contributed by atoms with Gasteiger partial charge in [-0.15, -0.1) is 0 Å². The Hall–Kier alpha value is -0.250.